The number of benzene rings is 2. The van der Waals surface area contributed by atoms with Gasteiger partial charge in [-0.05, 0) is 30.7 Å². The molecule has 0 aliphatic rings. The van der Waals surface area contributed by atoms with Crippen LogP contribution in [0.3, 0.4) is 0 Å². The maximum absolute atomic E-state index is 10.4. The third-order valence-corrected chi connectivity index (χ3v) is 3.27. The van der Waals surface area contributed by atoms with Crippen molar-refractivity contribution in [1.29, 1.82) is 0 Å². The largest absolute Gasteiger partial charge is 0.508 e. The maximum atomic E-state index is 10.4. The van der Waals surface area contributed by atoms with E-state index in [-0.39, 0.29) is 5.75 Å². The lowest BCUT2D eigenvalue weighted by Gasteiger charge is -2.09. The van der Waals surface area contributed by atoms with E-state index in [2.05, 4.69) is 0 Å². The lowest BCUT2D eigenvalue weighted by molar-refractivity contribution is 0.220. The van der Waals surface area contributed by atoms with Gasteiger partial charge >= 0.3 is 0 Å². The molecule has 0 amide bonds. The van der Waals surface area contributed by atoms with E-state index in [4.69, 9.17) is 4.42 Å². The van der Waals surface area contributed by atoms with Gasteiger partial charge in [0.15, 0.2) is 0 Å². The van der Waals surface area contributed by atoms with Crippen molar-refractivity contribution in [3.8, 4) is 5.75 Å². The third-order valence-electron chi connectivity index (χ3n) is 3.27. The molecule has 3 rings (SSSR count). The molecule has 1 aromatic heterocycles. The number of phenols is 1. The molecule has 0 bridgehead atoms. The number of aryl methyl sites for hydroxylation is 1. The summed E-state index contributed by atoms with van der Waals surface area (Å²) in [6.07, 6.45) is 0.776. The second-order valence-corrected chi connectivity index (χ2v) is 4.68. The molecule has 3 nitrogen and oxygen atoms in total. The van der Waals surface area contributed by atoms with Crippen LogP contribution in [-0.4, -0.2) is 10.2 Å². The molecule has 2 N–H and O–H groups in total. The van der Waals surface area contributed by atoms with Crippen LogP contribution in [0.25, 0.3) is 11.0 Å². The van der Waals surface area contributed by atoms with E-state index in [1.54, 1.807) is 18.2 Å². The van der Waals surface area contributed by atoms with Crippen molar-refractivity contribution in [2.75, 3.05) is 0 Å². The Morgan fingerprint density at radius 2 is 1.79 bits per heavy atom. The molecule has 0 saturated carbocycles. The molecule has 3 heteroatoms. The van der Waals surface area contributed by atoms with Crippen molar-refractivity contribution in [2.45, 2.75) is 13.0 Å². The summed E-state index contributed by atoms with van der Waals surface area (Å²) in [5.41, 5.74) is 3.26. The summed E-state index contributed by atoms with van der Waals surface area (Å²) in [6, 6.07) is 12.6. The predicted octanol–water partition coefficient (Wildman–Crippen LogP) is 3.53. The highest BCUT2D eigenvalue weighted by atomic mass is 16.3. The SMILES string of the molecule is Cc1ccc([C@H](O)c2coc3ccc(O)cc23)cc1. The molecule has 0 saturated heterocycles. The molecular formula is C16H14O3. The monoisotopic (exact) mass is 254 g/mol. The van der Waals surface area contributed by atoms with Gasteiger partial charge in [0.2, 0.25) is 0 Å². The highest BCUT2D eigenvalue weighted by Gasteiger charge is 2.16. The van der Waals surface area contributed by atoms with Gasteiger partial charge in [0.1, 0.15) is 17.4 Å². The lowest BCUT2D eigenvalue weighted by Crippen LogP contribution is -1.98. The van der Waals surface area contributed by atoms with Crippen molar-refractivity contribution in [3.05, 3.63) is 65.4 Å². The molecule has 0 aliphatic carbocycles. The van der Waals surface area contributed by atoms with Crippen molar-refractivity contribution >= 4 is 11.0 Å². The quantitative estimate of drug-likeness (QED) is 0.735. The van der Waals surface area contributed by atoms with Crippen molar-refractivity contribution in [2.24, 2.45) is 0 Å². The summed E-state index contributed by atoms with van der Waals surface area (Å²) in [7, 11) is 0. The van der Waals surface area contributed by atoms with Crippen LogP contribution in [0.4, 0.5) is 0 Å². The van der Waals surface area contributed by atoms with Crippen LogP contribution in [0.1, 0.15) is 22.8 Å². The van der Waals surface area contributed by atoms with Gasteiger partial charge in [0, 0.05) is 10.9 Å². The van der Waals surface area contributed by atoms with Gasteiger partial charge < -0.3 is 14.6 Å². The van der Waals surface area contributed by atoms with Crippen LogP contribution in [0.2, 0.25) is 0 Å². The van der Waals surface area contributed by atoms with Crippen LogP contribution in [0.5, 0.6) is 5.75 Å². The minimum Gasteiger partial charge on any atom is -0.508 e. The van der Waals surface area contributed by atoms with Crippen molar-refractivity contribution < 1.29 is 14.6 Å². The minimum atomic E-state index is -0.761. The predicted molar refractivity (Wildman–Crippen MR) is 73.1 cm³/mol. The summed E-state index contributed by atoms with van der Waals surface area (Å²) >= 11 is 0. The van der Waals surface area contributed by atoms with Crippen LogP contribution < -0.4 is 0 Å². The zero-order valence-corrected chi connectivity index (χ0v) is 10.5. The van der Waals surface area contributed by atoms with E-state index in [0.717, 1.165) is 16.5 Å². The van der Waals surface area contributed by atoms with E-state index >= 15 is 0 Å². The molecule has 19 heavy (non-hydrogen) atoms. The van der Waals surface area contributed by atoms with Crippen LogP contribution >= 0.6 is 0 Å². The van der Waals surface area contributed by atoms with Crippen LogP contribution in [0, 0.1) is 6.92 Å². The molecule has 1 heterocycles. The molecule has 0 unspecified atom stereocenters. The zero-order valence-electron chi connectivity index (χ0n) is 10.5. The third kappa shape index (κ3) is 2.09. The molecule has 3 aromatic rings. The number of aliphatic hydroxyl groups is 1. The highest BCUT2D eigenvalue weighted by molar-refractivity contribution is 5.83. The van der Waals surface area contributed by atoms with E-state index in [0.29, 0.717) is 11.1 Å². The number of furan rings is 1. The molecule has 1 atom stereocenters. The Kier molecular flexibility index (Phi) is 2.76. The van der Waals surface area contributed by atoms with Gasteiger partial charge in [0.05, 0.1) is 6.26 Å². The zero-order chi connectivity index (χ0) is 13.4. The smallest absolute Gasteiger partial charge is 0.134 e. The maximum Gasteiger partial charge on any atom is 0.134 e. The second-order valence-electron chi connectivity index (χ2n) is 4.68. The van der Waals surface area contributed by atoms with Gasteiger partial charge in [-0.1, -0.05) is 29.8 Å². The summed E-state index contributed by atoms with van der Waals surface area (Å²) in [5.74, 6) is 0.159. The standard InChI is InChI=1S/C16H14O3/c1-10-2-4-11(5-3-10)16(18)14-9-19-15-7-6-12(17)8-13(14)15/h2-9,16-18H,1H3/t16-/m0/s1. The van der Waals surface area contributed by atoms with Gasteiger partial charge in [0.25, 0.3) is 0 Å². The average molecular weight is 254 g/mol. The number of aliphatic hydroxyl groups excluding tert-OH is 1. The summed E-state index contributed by atoms with van der Waals surface area (Å²) < 4.78 is 5.40. The fourth-order valence-electron chi connectivity index (χ4n) is 2.18. The summed E-state index contributed by atoms with van der Waals surface area (Å²) in [5, 5.41) is 20.7. The topological polar surface area (TPSA) is 53.6 Å². The van der Waals surface area contributed by atoms with Crippen molar-refractivity contribution in [3.63, 3.8) is 0 Å². The first-order valence-corrected chi connectivity index (χ1v) is 6.10. The van der Waals surface area contributed by atoms with Gasteiger partial charge in [-0.2, -0.15) is 0 Å². The Morgan fingerprint density at radius 1 is 1.05 bits per heavy atom. The van der Waals surface area contributed by atoms with E-state index in [9.17, 15) is 10.2 Å². The molecule has 0 spiro atoms. The number of hydrogen-bond acceptors (Lipinski definition) is 3. The Bertz CT molecular complexity index is 710. The first kappa shape index (κ1) is 11.8. The fraction of sp³-hybridized carbons (Fsp3) is 0.125. The number of phenolic OH excluding ortho intramolecular Hbond substituents is 1. The first-order chi connectivity index (χ1) is 9.15. The second kappa shape index (κ2) is 4.44. The number of aromatic hydroxyl groups is 1. The molecule has 0 radical (unpaired) electrons. The van der Waals surface area contributed by atoms with Crippen LogP contribution in [-0.2, 0) is 0 Å². The van der Waals surface area contributed by atoms with Gasteiger partial charge in [-0.25, -0.2) is 0 Å². The minimum absolute atomic E-state index is 0.159. The van der Waals surface area contributed by atoms with E-state index in [1.807, 2.05) is 31.2 Å². The number of rotatable bonds is 2. The normalized spacial score (nSPS) is 12.7. The Morgan fingerprint density at radius 3 is 2.53 bits per heavy atom. The van der Waals surface area contributed by atoms with Gasteiger partial charge in [-0.3, -0.25) is 0 Å². The molecule has 0 fully saturated rings. The van der Waals surface area contributed by atoms with E-state index < -0.39 is 6.10 Å². The van der Waals surface area contributed by atoms with E-state index in [1.165, 1.54) is 6.26 Å². The molecule has 0 aliphatic heterocycles. The average Bonchev–Trinajstić information content (AvgIpc) is 2.81. The summed E-state index contributed by atoms with van der Waals surface area (Å²) in [6.45, 7) is 2.00. The molecule has 2 aromatic carbocycles. The Balaban J connectivity index is 2.08. The molecule has 96 valence electrons. The number of hydrogen-bond donors (Lipinski definition) is 2. The lowest BCUT2D eigenvalue weighted by atomic mass is 10.00. The first-order valence-electron chi connectivity index (χ1n) is 6.10. The number of fused-ring (bicyclic) bond motifs is 1. The van der Waals surface area contributed by atoms with Crippen LogP contribution in [0.15, 0.2) is 53.1 Å². The highest BCUT2D eigenvalue weighted by Crippen LogP contribution is 2.32. The fourth-order valence-corrected chi connectivity index (χ4v) is 2.18. The molecular weight excluding hydrogens is 240 g/mol. The summed E-state index contributed by atoms with van der Waals surface area (Å²) in [4.78, 5) is 0. The van der Waals surface area contributed by atoms with Crippen molar-refractivity contribution in [1.82, 2.24) is 0 Å². The Hall–Kier alpha value is -2.26. The Labute approximate surface area is 110 Å². The van der Waals surface area contributed by atoms with Gasteiger partial charge in [-0.15, -0.1) is 0 Å².